The second-order valence-corrected chi connectivity index (χ2v) is 4.39. The Kier molecular flexibility index (Phi) is 4.89. The zero-order valence-corrected chi connectivity index (χ0v) is 10.6. The Morgan fingerprint density at radius 2 is 2.11 bits per heavy atom. The number of benzene rings is 1. The van der Waals surface area contributed by atoms with Crippen LogP contribution in [0.2, 0.25) is 0 Å². The number of alkyl halides is 1. The van der Waals surface area contributed by atoms with Gasteiger partial charge in [0.25, 0.3) is 5.69 Å². The van der Waals surface area contributed by atoms with E-state index >= 15 is 0 Å². The predicted molar refractivity (Wildman–Crippen MR) is 68.5 cm³/mol. The lowest BCUT2D eigenvalue weighted by molar-refractivity contribution is -0.385. The molecule has 0 aliphatic rings. The van der Waals surface area contributed by atoms with Gasteiger partial charge in [0.15, 0.2) is 0 Å². The van der Waals surface area contributed by atoms with Crippen molar-refractivity contribution in [2.45, 2.75) is 25.6 Å². The molecule has 18 heavy (non-hydrogen) atoms. The Labute approximate surface area is 109 Å². The van der Waals surface area contributed by atoms with Gasteiger partial charge in [-0.15, -0.1) is 11.6 Å². The molecule has 0 saturated carbocycles. The van der Waals surface area contributed by atoms with Crippen LogP contribution in [0.5, 0.6) is 0 Å². The van der Waals surface area contributed by atoms with Crippen molar-refractivity contribution in [1.29, 1.82) is 0 Å². The summed E-state index contributed by atoms with van der Waals surface area (Å²) in [6.07, 6.45) is -2.05. The number of aliphatic hydroxyl groups excluding tert-OH is 2. The molecule has 0 aromatic heterocycles. The summed E-state index contributed by atoms with van der Waals surface area (Å²) >= 11 is 5.47. The number of nitrogens with two attached hydrogens (primary N) is 1. The van der Waals surface area contributed by atoms with Crippen LogP contribution in [0.1, 0.15) is 23.7 Å². The van der Waals surface area contributed by atoms with E-state index in [-0.39, 0.29) is 29.2 Å². The van der Waals surface area contributed by atoms with Gasteiger partial charge in [-0.1, -0.05) is 0 Å². The molecule has 2 atom stereocenters. The first kappa shape index (κ1) is 14.7. The number of nitro groups is 1. The van der Waals surface area contributed by atoms with E-state index in [1.54, 1.807) is 6.92 Å². The first-order valence-corrected chi connectivity index (χ1v) is 5.88. The van der Waals surface area contributed by atoms with Crippen LogP contribution in [-0.2, 0) is 0 Å². The fourth-order valence-electron chi connectivity index (χ4n) is 1.66. The quantitative estimate of drug-likeness (QED) is 0.326. The third kappa shape index (κ3) is 3.10. The highest BCUT2D eigenvalue weighted by molar-refractivity contribution is 6.17. The van der Waals surface area contributed by atoms with Crippen molar-refractivity contribution in [2.24, 2.45) is 0 Å². The number of nitrogens with zero attached hydrogens (tertiary/aromatic N) is 1. The second kappa shape index (κ2) is 5.99. The third-order valence-electron chi connectivity index (χ3n) is 2.69. The first-order chi connectivity index (χ1) is 8.38. The number of rotatable bonds is 5. The van der Waals surface area contributed by atoms with E-state index in [4.69, 9.17) is 17.3 Å². The molecular formula is C11H15ClN2O4. The fraction of sp³-hybridized carbons (Fsp3) is 0.455. The van der Waals surface area contributed by atoms with Crippen molar-refractivity contribution in [3.8, 4) is 0 Å². The van der Waals surface area contributed by atoms with Gasteiger partial charge < -0.3 is 15.9 Å². The molecule has 0 bridgehead atoms. The summed E-state index contributed by atoms with van der Waals surface area (Å²) < 4.78 is 0. The zero-order valence-electron chi connectivity index (χ0n) is 9.84. The average molecular weight is 275 g/mol. The molecule has 0 fully saturated rings. The Hall–Kier alpha value is -1.37. The molecule has 0 saturated heterocycles. The number of aryl methyl sites for hydroxylation is 1. The molecule has 2 unspecified atom stereocenters. The van der Waals surface area contributed by atoms with Gasteiger partial charge in [-0.2, -0.15) is 0 Å². The van der Waals surface area contributed by atoms with Gasteiger partial charge >= 0.3 is 0 Å². The molecule has 0 aliphatic carbocycles. The van der Waals surface area contributed by atoms with Crippen LogP contribution >= 0.6 is 11.6 Å². The van der Waals surface area contributed by atoms with Crippen molar-refractivity contribution < 1.29 is 15.1 Å². The number of anilines is 1. The maximum Gasteiger partial charge on any atom is 0.274 e. The predicted octanol–water partition coefficient (Wildman–Crippen LogP) is 1.51. The summed E-state index contributed by atoms with van der Waals surface area (Å²) in [5.41, 5.74) is 6.27. The lowest BCUT2D eigenvalue weighted by atomic mass is 9.98. The molecule has 6 nitrogen and oxygen atoms in total. The van der Waals surface area contributed by atoms with Gasteiger partial charge in [0.2, 0.25) is 0 Å². The van der Waals surface area contributed by atoms with Gasteiger partial charge in [0, 0.05) is 28.8 Å². The lowest BCUT2D eigenvalue weighted by Gasteiger charge is -2.19. The molecule has 0 amide bonds. The molecule has 1 aromatic carbocycles. The van der Waals surface area contributed by atoms with Crippen LogP contribution in [-0.4, -0.2) is 27.1 Å². The van der Waals surface area contributed by atoms with E-state index in [1.165, 1.54) is 12.1 Å². The average Bonchev–Trinajstić information content (AvgIpc) is 2.30. The number of nitro benzene ring substituents is 1. The Morgan fingerprint density at radius 3 is 2.61 bits per heavy atom. The van der Waals surface area contributed by atoms with E-state index in [9.17, 15) is 20.3 Å². The number of halogens is 1. The zero-order chi connectivity index (χ0) is 13.9. The molecule has 0 spiro atoms. The topological polar surface area (TPSA) is 110 Å². The third-order valence-corrected chi connectivity index (χ3v) is 2.90. The van der Waals surface area contributed by atoms with Crippen LogP contribution in [0.25, 0.3) is 0 Å². The highest BCUT2D eigenvalue weighted by Crippen LogP contribution is 2.30. The highest BCUT2D eigenvalue weighted by atomic mass is 35.5. The van der Waals surface area contributed by atoms with E-state index in [0.717, 1.165) is 0 Å². The maximum absolute atomic E-state index is 10.7. The Morgan fingerprint density at radius 1 is 1.50 bits per heavy atom. The summed E-state index contributed by atoms with van der Waals surface area (Å²) in [7, 11) is 0. The molecule has 0 radical (unpaired) electrons. The van der Waals surface area contributed by atoms with Gasteiger partial charge in [-0.05, 0) is 19.4 Å². The molecule has 7 heteroatoms. The van der Waals surface area contributed by atoms with Crippen LogP contribution in [0.4, 0.5) is 11.4 Å². The van der Waals surface area contributed by atoms with Crippen LogP contribution in [0.3, 0.4) is 0 Å². The Bertz CT molecular complexity index is 453. The SMILES string of the molecule is Cc1cc(C(O)C(O)CCCl)c(N)cc1[N+](=O)[O-]. The highest BCUT2D eigenvalue weighted by Gasteiger charge is 2.23. The maximum atomic E-state index is 10.7. The molecule has 1 rings (SSSR count). The molecular weight excluding hydrogens is 260 g/mol. The summed E-state index contributed by atoms with van der Waals surface area (Å²) in [6, 6.07) is 2.59. The standard InChI is InChI=1S/C11H15ClN2O4/c1-6-4-7(11(16)10(15)2-3-12)8(13)5-9(6)14(17)18/h4-5,10-11,15-16H,2-3,13H2,1H3. The number of hydrogen-bond acceptors (Lipinski definition) is 5. The normalized spacial score (nSPS) is 14.2. The van der Waals surface area contributed by atoms with Crippen LogP contribution in [0, 0.1) is 17.0 Å². The van der Waals surface area contributed by atoms with Crippen LogP contribution in [0.15, 0.2) is 12.1 Å². The van der Waals surface area contributed by atoms with Crippen LogP contribution < -0.4 is 5.73 Å². The largest absolute Gasteiger partial charge is 0.398 e. The number of aliphatic hydroxyl groups is 2. The molecule has 1 aromatic rings. The molecule has 4 N–H and O–H groups in total. The van der Waals surface area contributed by atoms with E-state index in [2.05, 4.69) is 0 Å². The van der Waals surface area contributed by atoms with E-state index in [1.807, 2.05) is 0 Å². The van der Waals surface area contributed by atoms with Crippen molar-refractivity contribution in [1.82, 2.24) is 0 Å². The minimum atomic E-state index is -1.21. The second-order valence-electron chi connectivity index (χ2n) is 4.01. The minimum Gasteiger partial charge on any atom is -0.398 e. The van der Waals surface area contributed by atoms with E-state index in [0.29, 0.717) is 5.56 Å². The number of nitrogen functional groups attached to an aromatic ring is 1. The molecule has 0 aliphatic heterocycles. The van der Waals surface area contributed by atoms with Gasteiger partial charge in [-0.25, -0.2) is 0 Å². The van der Waals surface area contributed by atoms with Gasteiger partial charge in [0.1, 0.15) is 6.10 Å². The number of hydrogen-bond donors (Lipinski definition) is 3. The van der Waals surface area contributed by atoms with Crippen molar-refractivity contribution in [3.05, 3.63) is 33.4 Å². The smallest absolute Gasteiger partial charge is 0.274 e. The van der Waals surface area contributed by atoms with E-state index < -0.39 is 17.1 Å². The summed E-state index contributed by atoms with van der Waals surface area (Å²) in [5.74, 6) is 0.199. The molecule has 0 heterocycles. The van der Waals surface area contributed by atoms with Crippen molar-refractivity contribution in [3.63, 3.8) is 0 Å². The summed E-state index contributed by atoms with van der Waals surface area (Å²) in [6.45, 7) is 1.54. The van der Waals surface area contributed by atoms with Crippen molar-refractivity contribution >= 4 is 23.0 Å². The van der Waals surface area contributed by atoms with Crippen molar-refractivity contribution in [2.75, 3.05) is 11.6 Å². The monoisotopic (exact) mass is 274 g/mol. The molecule has 100 valence electrons. The first-order valence-electron chi connectivity index (χ1n) is 5.35. The lowest BCUT2D eigenvalue weighted by Crippen LogP contribution is -2.20. The minimum absolute atomic E-state index is 0.0772. The fourth-order valence-corrected chi connectivity index (χ4v) is 1.89. The summed E-state index contributed by atoms with van der Waals surface area (Å²) in [4.78, 5) is 10.2. The van der Waals surface area contributed by atoms with Gasteiger partial charge in [-0.3, -0.25) is 10.1 Å². The Balaban J connectivity index is 3.11. The summed E-state index contributed by atoms with van der Waals surface area (Å²) in [5, 5.41) is 30.2. The van der Waals surface area contributed by atoms with Gasteiger partial charge in [0.05, 0.1) is 11.0 Å².